The minimum absolute atomic E-state index is 0.0538. The second-order valence-corrected chi connectivity index (χ2v) is 5.76. The van der Waals surface area contributed by atoms with Gasteiger partial charge in [0, 0.05) is 19.2 Å². The SMILES string of the molecule is COCC1CCCN(CC(=O)NCC(=O)c2ccccc2)C1. The molecule has 1 aliphatic rings. The van der Waals surface area contributed by atoms with Crippen LogP contribution in [0.5, 0.6) is 0 Å². The number of nitrogens with zero attached hydrogens (tertiary/aromatic N) is 1. The first-order valence-electron chi connectivity index (χ1n) is 7.75. The van der Waals surface area contributed by atoms with Crippen LogP contribution >= 0.6 is 0 Å². The zero-order valence-electron chi connectivity index (χ0n) is 13.1. The molecule has 0 spiro atoms. The number of piperidine rings is 1. The standard InChI is InChI=1S/C17H24N2O3/c1-22-13-14-6-5-9-19(11-14)12-17(21)18-10-16(20)15-7-3-2-4-8-15/h2-4,7-8,14H,5-6,9-13H2,1H3,(H,18,21). The number of methoxy groups -OCH3 is 1. The van der Waals surface area contributed by atoms with Crippen LogP contribution in [0.2, 0.25) is 0 Å². The number of nitrogens with one attached hydrogen (secondary N) is 1. The van der Waals surface area contributed by atoms with Gasteiger partial charge in [-0.15, -0.1) is 0 Å². The summed E-state index contributed by atoms with van der Waals surface area (Å²) in [6, 6.07) is 9.02. The topological polar surface area (TPSA) is 58.6 Å². The van der Waals surface area contributed by atoms with E-state index in [0.29, 0.717) is 18.0 Å². The highest BCUT2D eigenvalue weighted by atomic mass is 16.5. The molecule has 5 heteroatoms. The molecule has 120 valence electrons. The van der Waals surface area contributed by atoms with E-state index in [-0.39, 0.29) is 18.2 Å². The van der Waals surface area contributed by atoms with E-state index in [1.54, 1.807) is 19.2 Å². The van der Waals surface area contributed by atoms with Crippen molar-refractivity contribution in [1.82, 2.24) is 10.2 Å². The summed E-state index contributed by atoms with van der Waals surface area (Å²) in [5.41, 5.74) is 0.626. The highest BCUT2D eigenvalue weighted by Gasteiger charge is 2.21. The van der Waals surface area contributed by atoms with E-state index < -0.39 is 0 Å². The highest BCUT2D eigenvalue weighted by molar-refractivity contribution is 5.99. The fraction of sp³-hybridized carbons (Fsp3) is 0.529. The van der Waals surface area contributed by atoms with Gasteiger partial charge in [-0.1, -0.05) is 30.3 Å². The molecule has 0 bridgehead atoms. The fourth-order valence-electron chi connectivity index (χ4n) is 2.83. The molecule has 1 aromatic carbocycles. The number of ether oxygens (including phenoxy) is 1. The van der Waals surface area contributed by atoms with Gasteiger partial charge in [-0.3, -0.25) is 14.5 Å². The largest absolute Gasteiger partial charge is 0.384 e. The van der Waals surface area contributed by atoms with Crippen LogP contribution in [0.3, 0.4) is 0 Å². The maximum atomic E-state index is 12.0. The van der Waals surface area contributed by atoms with Crippen molar-refractivity contribution in [3.8, 4) is 0 Å². The molecule has 1 amide bonds. The van der Waals surface area contributed by atoms with Crippen molar-refractivity contribution < 1.29 is 14.3 Å². The predicted molar refractivity (Wildman–Crippen MR) is 84.8 cm³/mol. The van der Waals surface area contributed by atoms with Gasteiger partial charge in [0.1, 0.15) is 0 Å². The van der Waals surface area contributed by atoms with Crippen molar-refractivity contribution in [3.63, 3.8) is 0 Å². The van der Waals surface area contributed by atoms with Crippen LogP contribution in [0.1, 0.15) is 23.2 Å². The van der Waals surface area contributed by atoms with Gasteiger partial charge in [0.05, 0.1) is 19.7 Å². The average Bonchev–Trinajstić information content (AvgIpc) is 2.54. The number of rotatable bonds is 7. The van der Waals surface area contributed by atoms with Crippen LogP contribution in [-0.2, 0) is 9.53 Å². The third-order valence-corrected chi connectivity index (χ3v) is 3.91. The Morgan fingerprint density at radius 2 is 2.09 bits per heavy atom. The quantitative estimate of drug-likeness (QED) is 0.773. The van der Waals surface area contributed by atoms with Crippen molar-refractivity contribution in [1.29, 1.82) is 0 Å². The van der Waals surface area contributed by atoms with E-state index >= 15 is 0 Å². The molecular weight excluding hydrogens is 280 g/mol. The molecule has 0 aliphatic carbocycles. The van der Waals surface area contributed by atoms with Crippen LogP contribution < -0.4 is 5.32 Å². The minimum Gasteiger partial charge on any atom is -0.384 e. The van der Waals surface area contributed by atoms with Gasteiger partial charge in [0.15, 0.2) is 5.78 Å². The van der Waals surface area contributed by atoms with Crippen LogP contribution in [0.4, 0.5) is 0 Å². The second kappa shape index (κ2) is 8.66. The summed E-state index contributed by atoms with van der Waals surface area (Å²) >= 11 is 0. The van der Waals surface area contributed by atoms with Crippen LogP contribution in [0.15, 0.2) is 30.3 Å². The highest BCUT2D eigenvalue weighted by Crippen LogP contribution is 2.16. The normalized spacial score (nSPS) is 18.9. The molecular formula is C17H24N2O3. The summed E-state index contributed by atoms with van der Waals surface area (Å²) in [6.07, 6.45) is 2.24. The summed E-state index contributed by atoms with van der Waals surface area (Å²) in [6.45, 7) is 2.96. The summed E-state index contributed by atoms with van der Waals surface area (Å²) in [5.74, 6) is 0.338. The Labute approximate surface area is 131 Å². The monoisotopic (exact) mass is 304 g/mol. The molecule has 5 nitrogen and oxygen atoms in total. The third-order valence-electron chi connectivity index (χ3n) is 3.91. The molecule has 1 heterocycles. The van der Waals surface area contributed by atoms with Gasteiger partial charge >= 0.3 is 0 Å². The van der Waals surface area contributed by atoms with E-state index in [0.717, 1.165) is 32.5 Å². The summed E-state index contributed by atoms with van der Waals surface area (Å²) in [4.78, 5) is 26.0. The van der Waals surface area contributed by atoms with Crippen LogP contribution in [0, 0.1) is 5.92 Å². The molecule has 1 atom stereocenters. The molecule has 1 saturated heterocycles. The van der Waals surface area contributed by atoms with Crippen molar-refractivity contribution in [2.75, 3.05) is 39.9 Å². The van der Waals surface area contributed by atoms with Crippen molar-refractivity contribution in [2.24, 2.45) is 5.92 Å². The number of ketones is 1. The van der Waals surface area contributed by atoms with Gasteiger partial charge in [-0.25, -0.2) is 0 Å². The lowest BCUT2D eigenvalue weighted by molar-refractivity contribution is -0.122. The first kappa shape index (κ1) is 16.6. The lowest BCUT2D eigenvalue weighted by Gasteiger charge is -2.31. The Kier molecular flexibility index (Phi) is 6.55. The maximum absolute atomic E-state index is 12.0. The maximum Gasteiger partial charge on any atom is 0.234 e. The average molecular weight is 304 g/mol. The van der Waals surface area contributed by atoms with E-state index in [1.165, 1.54) is 0 Å². The van der Waals surface area contributed by atoms with Crippen LogP contribution in [-0.4, -0.2) is 56.5 Å². The van der Waals surface area contributed by atoms with Crippen molar-refractivity contribution >= 4 is 11.7 Å². The van der Waals surface area contributed by atoms with E-state index in [2.05, 4.69) is 10.2 Å². The van der Waals surface area contributed by atoms with Gasteiger partial charge < -0.3 is 10.1 Å². The molecule has 1 fully saturated rings. The number of likely N-dealkylation sites (tertiary alicyclic amines) is 1. The predicted octanol–water partition coefficient (Wildman–Crippen LogP) is 1.34. The number of carbonyl (C=O) groups is 2. The van der Waals surface area contributed by atoms with Crippen molar-refractivity contribution in [2.45, 2.75) is 12.8 Å². The van der Waals surface area contributed by atoms with Gasteiger partial charge in [-0.05, 0) is 25.3 Å². The van der Waals surface area contributed by atoms with Crippen molar-refractivity contribution in [3.05, 3.63) is 35.9 Å². The third kappa shape index (κ3) is 5.24. The molecule has 1 unspecified atom stereocenters. The number of amides is 1. The number of carbonyl (C=O) groups excluding carboxylic acids is 2. The summed E-state index contributed by atoms with van der Waals surface area (Å²) < 4.78 is 5.19. The molecule has 0 saturated carbocycles. The van der Waals surface area contributed by atoms with E-state index in [9.17, 15) is 9.59 Å². The molecule has 1 aromatic rings. The minimum atomic E-state index is -0.0950. The van der Waals surface area contributed by atoms with Gasteiger partial charge in [0.25, 0.3) is 0 Å². The smallest absolute Gasteiger partial charge is 0.234 e. The molecule has 0 aromatic heterocycles. The zero-order chi connectivity index (χ0) is 15.8. The number of hydrogen-bond acceptors (Lipinski definition) is 4. The molecule has 0 radical (unpaired) electrons. The lowest BCUT2D eigenvalue weighted by Crippen LogP contribution is -2.44. The Morgan fingerprint density at radius 3 is 2.82 bits per heavy atom. The number of hydrogen-bond donors (Lipinski definition) is 1. The Balaban J connectivity index is 1.72. The molecule has 22 heavy (non-hydrogen) atoms. The summed E-state index contributed by atoms with van der Waals surface area (Å²) in [7, 11) is 1.71. The Hall–Kier alpha value is -1.72. The van der Waals surface area contributed by atoms with Gasteiger partial charge in [0.2, 0.25) is 5.91 Å². The number of benzene rings is 1. The molecule has 1 aliphatic heterocycles. The van der Waals surface area contributed by atoms with E-state index in [1.807, 2.05) is 18.2 Å². The van der Waals surface area contributed by atoms with E-state index in [4.69, 9.17) is 4.74 Å². The first-order chi connectivity index (χ1) is 10.7. The lowest BCUT2D eigenvalue weighted by atomic mass is 9.99. The zero-order valence-corrected chi connectivity index (χ0v) is 13.1. The Bertz CT molecular complexity index is 488. The fourth-order valence-corrected chi connectivity index (χ4v) is 2.83. The Morgan fingerprint density at radius 1 is 1.32 bits per heavy atom. The second-order valence-electron chi connectivity index (χ2n) is 5.76. The number of Topliss-reactive ketones (excluding diaryl/α,β-unsaturated/α-hetero) is 1. The van der Waals surface area contributed by atoms with Gasteiger partial charge in [-0.2, -0.15) is 0 Å². The molecule has 2 rings (SSSR count). The van der Waals surface area contributed by atoms with Crippen LogP contribution in [0.25, 0.3) is 0 Å². The first-order valence-corrected chi connectivity index (χ1v) is 7.75. The molecule has 1 N–H and O–H groups in total. The summed E-state index contributed by atoms with van der Waals surface area (Å²) in [5, 5.41) is 2.71.